The summed E-state index contributed by atoms with van der Waals surface area (Å²) in [5.41, 5.74) is 1.79. The van der Waals surface area contributed by atoms with Crippen molar-refractivity contribution in [2.75, 3.05) is 6.54 Å². The SMILES string of the molecule is CCCc1cc(C2CCCN2C(=O)c2cc(C3CCCCC3)no2)no1. The van der Waals surface area contributed by atoms with E-state index < -0.39 is 0 Å². The minimum Gasteiger partial charge on any atom is -0.361 e. The van der Waals surface area contributed by atoms with Crippen LogP contribution in [0, 0.1) is 0 Å². The number of carbonyl (C=O) groups excluding carboxylic acids is 1. The van der Waals surface area contributed by atoms with Gasteiger partial charge < -0.3 is 13.9 Å². The van der Waals surface area contributed by atoms with E-state index in [4.69, 9.17) is 9.05 Å². The van der Waals surface area contributed by atoms with E-state index in [1.807, 2.05) is 17.0 Å². The first-order valence-corrected chi connectivity index (χ1v) is 9.99. The molecule has 1 saturated heterocycles. The van der Waals surface area contributed by atoms with Gasteiger partial charge in [0.1, 0.15) is 11.5 Å². The molecule has 0 bridgehead atoms. The number of carbonyl (C=O) groups is 1. The number of hydrogen-bond donors (Lipinski definition) is 0. The van der Waals surface area contributed by atoms with E-state index in [9.17, 15) is 4.79 Å². The minimum atomic E-state index is -0.0814. The Morgan fingerprint density at radius 3 is 2.69 bits per heavy atom. The Hall–Kier alpha value is -2.11. The van der Waals surface area contributed by atoms with Crippen LogP contribution in [0.3, 0.4) is 0 Å². The fourth-order valence-corrected chi connectivity index (χ4v) is 4.29. The molecule has 1 atom stereocenters. The number of aryl methyl sites for hydroxylation is 1. The highest BCUT2D eigenvalue weighted by Crippen LogP contribution is 2.35. The number of hydrogen-bond acceptors (Lipinski definition) is 5. The lowest BCUT2D eigenvalue weighted by Gasteiger charge is -2.21. The molecule has 140 valence electrons. The van der Waals surface area contributed by atoms with Gasteiger partial charge in [-0.05, 0) is 32.1 Å². The molecular formula is C20H27N3O3. The van der Waals surface area contributed by atoms with Crippen molar-refractivity contribution >= 4 is 5.91 Å². The average molecular weight is 357 g/mol. The van der Waals surface area contributed by atoms with Crippen LogP contribution in [0.25, 0.3) is 0 Å². The molecule has 0 aromatic carbocycles. The summed E-state index contributed by atoms with van der Waals surface area (Å²) in [5, 5.41) is 8.41. The van der Waals surface area contributed by atoms with Gasteiger partial charge in [0.05, 0.1) is 11.7 Å². The van der Waals surface area contributed by atoms with Crippen LogP contribution >= 0.6 is 0 Å². The minimum absolute atomic E-state index is 0.0277. The van der Waals surface area contributed by atoms with Gasteiger partial charge in [-0.15, -0.1) is 0 Å². The van der Waals surface area contributed by atoms with Crippen LogP contribution < -0.4 is 0 Å². The molecule has 1 aliphatic carbocycles. The summed E-state index contributed by atoms with van der Waals surface area (Å²) < 4.78 is 10.8. The van der Waals surface area contributed by atoms with E-state index in [1.54, 1.807) is 0 Å². The molecule has 26 heavy (non-hydrogen) atoms. The Bertz CT molecular complexity index is 745. The predicted molar refractivity (Wildman–Crippen MR) is 95.8 cm³/mol. The highest BCUT2D eigenvalue weighted by atomic mass is 16.5. The van der Waals surface area contributed by atoms with Crippen LogP contribution in [0.2, 0.25) is 0 Å². The second-order valence-electron chi connectivity index (χ2n) is 7.58. The van der Waals surface area contributed by atoms with Crippen molar-refractivity contribution in [1.82, 2.24) is 15.2 Å². The molecule has 2 aliphatic rings. The van der Waals surface area contributed by atoms with E-state index in [2.05, 4.69) is 17.2 Å². The Kier molecular flexibility index (Phi) is 5.09. The molecule has 3 heterocycles. The van der Waals surface area contributed by atoms with E-state index in [0.717, 1.165) is 62.2 Å². The second kappa shape index (κ2) is 7.64. The molecule has 1 aliphatic heterocycles. The zero-order valence-corrected chi connectivity index (χ0v) is 15.4. The fraction of sp³-hybridized carbons (Fsp3) is 0.650. The summed E-state index contributed by atoms with van der Waals surface area (Å²) in [6, 6.07) is 3.83. The summed E-state index contributed by atoms with van der Waals surface area (Å²) in [7, 11) is 0. The first kappa shape index (κ1) is 17.3. The Morgan fingerprint density at radius 2 is 1.88 bits per heavy atom. The summed E-state index contributed by atoms with van der Waals surface area (Å²) >= 11 is 0. The fourth-order valence-electron chi connectivity index (χ4n) is 4.29. The lowest BCUT2D eigenvalue weighted by molar-refractivity contribution is 0.0688. The average Bonchev–Trinajstić information content (AvgIpc) is 3.42. The quantitative estimate of drug-likeness (QED) is 0.779. The molecule has 0 spiro atoms. The van der Waals surface area contributed by atoms with Crippen molar-refractivity contribution in [2.24, 2.45) is 0 Å². The van der Waals surface area contributed by atoms with E-state index >= 15 is 0 Å². The van der Waals surface area contributed by atoms with Crippen molar-refractivity contribution in [3.63, 3.8) is 0 Å². The molecule has 1 saturated carbocycles. The molecule has 2 aromatic rings. The van der Waals surface area contributed by atoms with E-state index in [1.165, 1.54) is 19.3 Å². The van der Waals surface area contributed by atoms with Crippen LogP contribution in [0.4, 0.5) is 0 Å². The van der Waals surface area contributed by atoms with Crippen LogP contribution in [0.5, 0.6) is 0 Å². The molecule has 0 radical (unpaired) electrons. The van der Waals surface area contributed by atoms with Crippen LogP contribution in [0.15, 0.2) is 21.2 Å². The molecule has 1 unspecified atom stereocenters. The summed E-state index contributed by atoms with van der Waals surface area (Å²) in [6.07, 6.45) is 9.83. The lowest BCUT2D eigenvalue weighted by atomic mass is 9.87. The molecule has 6 nitrogen and oxygen atoms in total. The molecule has 2 fully saturated rings. The largest absolute Gasteiger partial charge is 0.361 e. The van der Waals surface area contributed by atoms with Crippen LogP contribution in [0.1, 0.15) is 98.0 Å². The Morgan fingerprint density at radius 1 is 1.08 bits per heavy atom. The second-order valence-corrected chi connectivity index (χ2v) is 7.58. The van der Waals surface area contributed by atoms with Crippen LogP contribution in [-0.4, -0.2) is 27.7 Å². The number of likely N-dealkylation sites (tertiary alicyclic amines) is 1. The van der Waals surface area contributed by atoms with Crippen molar-refractivity contribution in [3.8, 4) is 0 Å². The zero-order valence-electron chi connectivity index (χ0n) is 15.4. The van der Waals surface area contributed by atoms with Crippen LogP contribution in [-0.2, 0) is 6.42 Å². The topological polar surface area (TPSA) is 72.4 Å². The van der Waals surface area contributed by atoms with Gasteiger partial charge in [-0.25, -0.2) is 0 Å². The van der Waals surface area contributed by atoms with Crippen molar-refractivity contribution in [3.05, 3.63) is 35.0 Å². The zero-order chi connectivity index (χ0) is 17.9. The number of aromatic nitrogens is 2. The molecular weight excluding hydrogens is 330 g/mol. The number of rotatable bonds is 5. The summed E-state index contributed by atoms with van der Waals surface area (Å²) in [5.74, 6) is 1.61. The maximum absolute atomic E-state index is 13.0. The van der Waals surface area contributed by atoms with Gasteiger partial charge in [0, 0.05) is 31.0 Å². The van der Waals surface area contributed by atoms with Gasteiger partial charge >= 0.3 is 0 Å². The van der Waals surface area contributed by atoms with E-state index in [-0.39, 0.29) is 11.9 Å². The van der Waals surface area contributed by atoms with Gasteiger partial charge in [-0.1, -0.05) is 36.5 Å². The maximum atomic E-state index is 13.0. The van der Waals surface area contributed by atoms with Gasteiger partial charge in [0.2, 0.25) is 5.76 Å². The highest BCUT2D eigenvalue weighted by Gasteiger charge is 2.35. The number of amides is 1. The Labute approximate surface area is 153 Å². The molecule has 2 aromatic heterocycles. The monoisotopic (exact) mass is 357 g/mol. The van der Waals surface area contributed by atoms with Gasteiger partial charge in [-0.3, -0.25) is 4.79 Å². The predicted octanol–water partition coefficient (Wildman–Crippen LogP) is 4.64. The van der Waals surface area contributed by atoms with Gasteiger partial charge in [0.15, 0.2) is 0 Å². The third kappa shape index (κ3) is 3.41. The van der Waals surface area contributed by atoms with Crippen molar-refractivity contribution in [2.45, 2.75) is 76.7 Å². The number of nitrogens with zero attached hydrogens (tertiary/aromatic N) is 3. The first-order valence-electron chi connectivity index (χ1n) is 9.99. The Balaban J connectivity index is 1.48. The van der Waals surface area contributed by atoms with Crippen molar-refractivity contribution < 1.29 is 13.8 Å². The highest BCUT2D eigenvalue weighted by molar-refractivity contribution is 5.92. The standard InChI is InChI=1S/C20H27N3O3/c1-2-7-15-12-17(22-25-15)18-10-6-11-23(18)20(24)19-13-16(21-26-19)14-8-4-3-5-9-14/h12-14,18H,2-11H2,1H3. The molecule has 4 rings (SSSR count). The molecule has 0 N–H and O–H groups in total. The maximum Gasteiger partial charge on any atom is 0.293 e. The normalized spacial score (nSPS) is 21.4. The molecule has 1 amide bonds. The lowest BCUT2D eigenvalue weighted by Crippen LogP contribution is -2.30. The van der Waals surface area contributed by atoms with Gasteiger partial charge in [0.25, 0.3) is 5.91 Å². The van der Waals surface area contributed by atoms with E-state index in [0.29, 0.717) is 11.7 Å². The van der Waals surface area contributed by atoms with Gasteiger partial charge in [-0.2, -0.15) is 0 Å². The third-order valence-electron chi connectivity index (χ3n) is 5.69. The smallest absolute Gasteiger partial charge is 0.293 e. The summed E-state index contributed by atoms with van der Waals surface area (Å²) in [6.45, 7) is 2.83. The molecule has 6 heteroatoms. The summed E-state index contributed by atoms with van der Waals surface area (Å²) in [4.78, 5) is 14.9. The first-order chi connectivity index (χ1) is 12.8. The van der Waals surface area contributed by atoms with Crippen molar-refractivity contribution in [1.29, 1.82) is 0 Å². The third-order valence-corrected chi connectivity index (χ3v) is 5.69.